The number of hydrogen-bond acceptors (Lipinski definition) is 2. The number of carbonyl (C=O) groups is 1. The SMILES string of the molecule is CC1(Cn2nc(C3(C(F)(F)F)CC3)c(C(F)(F)F)c2C(N)=O)CC(F)(F)C1. The largest absolute Gasteiger partial charge is 0.420 e. The van der Waals surface area contributed by atoms with Crippen LogP contribution in [0.4, 0.5) is 35.1 Å². The van der Waals surface area contributed by atoms with Crippen LogP contribution in [0, 0.1) is 5.41 Å². The fourth-order valence-corrected chi connectivity index (χ4v) is 3.88. The third-order valence-electron chi connectivity index (χ3n) is 5.12. The molecule has 4 nitrogen and oxygen atoms in total. The zero-order valence-electron chi connectivity index (χ0n) is 13.9. The molecule has 0 atom stereocenters. The summed E-state index contributed by atoms with van der Waals surface area (Å²) in [4.78, 5) is 11.7. The molecule has 1 amide bonds. The molecule has 3 rings (SSSR count). The Morgan fingerprint density at radius 1 is 1.15 bits per heavy atom. The molecule has 1 heterocycles. The maximum absolute atomic E-state index is 13.5. The molecule has 2 N–H and O–H groups in total. The molecule has 2 aliphatic rings. The minimum absolute atomic E-state index is 0.418. The van der Waals surface area contributed by atoms with E-state index in [1.54, 1.807) is 0 Å². The van der Waals surface area contributed by atoms with Gasteiger partial charge < -0.3 is 5.73 Å². The first kappa shape index (κ1) is 19.9. The van der Waals surface area contributed by atoms with Gasteiger partial charge in [-0.05, 0) is 18.3 Å². The molecule has 0 spiro atoms. The first-order chi connectivity index (χ1) is 12.0. The molecule has 2 aliphatic carbocycles. The van der Waals surface area contributed by atoms with Gasteiger partial charge in [-0.1, -0.05) is 6.92 Å². The standard InChI is InChI=1S/C15H15F8N3O/c1-11(4-13(16,17)5-11)6-26-8(10(24)27)7(14(18,19)20)9(25-26)12(2-3-12)15(21,22)23/h2-6H2,1H3,(H2,24,27). The maximum atomic E-state index is 13.5. The minimum atomic E-state index is -5.32. The quantitative estimate of drug-likeness (QED) is 0.769. The van der Waals surface area contributed by atoms with Crippen LogP contribution in [0.5, 0.6) is 0 Å². The number of nitrogens with two attached hydrogens (primary N) is 1. The fourth-order valence-electron chi connectivity index (χ4n) is 3.88. The molecule has 152 valence electrons. The Kier molecular flexibility index (Phi) is 3.93. The summed E-state index contributed by atoms with van der Waals surface area (Å²) in [7, 11) is 0. The summed E-state index contributed by atoms with van der Waals surface area (Å²) < 4.78 is 107. The van der Waals surface area contributed by atoms with Crippen molar-refractivity contribution in [3.05, 3.63) is 17.0 Å². The number of hydrogen-bond donors (Lipinski definition) is 1. The lowest BCUT2D eigenvalue weighted by Crippen LogP contribution is -2.47. The van der Waals surface area contributed by atoms with Crippen molar-refractivity contribution in [2.45, 2.75) is 62.8 Å². The van der Waals surface area contributed by atoms with E-state index in [9.17, 15) is 39.9 Å². The molecule has 1 aromatic heterocycles. The number of aromatic nitrogens is 2. The molecule has 12 heteroatoms. The van der Waals surface area contributed by atoms with Crippen molar-refractivity contribution in [3.63, 3.8) is 0 Å². The minimum Gasteiger partial charge on any atom is -0.364 e. The molecule has 0 saturated heterocycles. The molecule has 0 aromatic carbocycles. The highest BCUT2D eigenvalue weighted by Gasteiger charge is 2.68. The van der Waals surface area contributed by atoms with Gasteiger partial charge in [0.15, 0.2) is 0 Å². The van der Waals surface area contributed by atoms with E-state index in [4.69, 9.17) is 5.73 Å². The molecule has 27 heavy (non-hydrogen) atoms. The zero-order chi connectivity index (χ0) is 20.6. The predicted octanol–water partition coefficient (Wildman–Crippen LogP) is 4.03. The molecule has 0 radical (unpaired) electrons. The van der Waals surface area contributed by atoms with Crippen molar-refractivity contribution in [2.24, 2.45) is 11.1 Å². The molecular formula is C15H15F8N3O. The second-order valence-electron chi connectivity index (χ2n) is 7.69. The lowest BCUT2D eigenvalue weighted by Gasteiger charge is -2.44. The summed E-state index contributed by atoms with van der Waals surface area (Å²) in [6.45, 7) is 0.762. The van der Waals surface area contributed by atoms with Crippen LogP contribution in [-0.2, 0) is 18.1 Å². The Balaban J connectivity index is 2.14. The second-order valence-corrected chi connectivity index (χ2v) is 7.69. The number of halogens is 8. The fraction of sp³-hybridized carbons (Fsp3) is 0.733. The normalized spacial score (nSPS) is 23.0. The van der Waals surface area contributed by atoms with Crippen LogP contribution >= 0.6 is 0 Å². The second kappa shape index (κ2) is 5.34. The first-order valence-corrected chi connectivity index (χ1v) is 7.94. The van der Waals surface area contributed by atoms with E-state index in [0.29, 0.717) is 4.68 Å². The zero-order valence-corrected chi connectivity index (χ0v) is 13.9. The Morgan fingerprint density at radius 3 is 2.00 bits per heavy atom. The molecule has 0 bridgehead atoms. The van der Waals surface area contributed by atoms with Crippen molar-refractivity contribution >= 4 is 5.91 Å². The van der Waals surface area contributed by atoms with E-state index in [1.807, 2.05) is 0 Å². The molecule has 0 aliphatic heterocycles. The molecule has 0 unspecified atom stereocenters. The van der Waals surface area contributed by atoms with Gasteiger partial charge in [-0.15, -0.1) is 0 Å². The van der Waals surface area contributed by atoms with Crippen LogP contribution in [-0.4, -0.2) is 27.8 Å². The maximum Gasteiger partial charge on any atom is 0.420 e. The first-order valence-electron chi connectivity index (χ1n) is 7.94. The Labute approximate surface area is 147 Å². The van der Waals surface area contributed by atoms with Gasteiger partial charge >= 0.3 is 12.4 Å². The van der Waals surface area contributed by atoms with E-state index >= 15 is 0 Å². The van der Waals surface area contributed by atoms with Gasteiger partial charge in [-0.25, -0.2) is 8.78 Å². The van der Waals surface area contributed by atoms with Gasteiger partial charge in [0, 0.05) is 19.4 Å². The van der Waals surface area contributed by atoms with E-state index in [0.717, 1.165) is 0 Å². The smallest absolute Gasteiger partial charge is 0.364 e. The van der Waals surface area contributed by atoms with Crippen LogP contribution in [0.1, 0.15) is 54.4 Å². The van der Waals surface area contributed by atoms with Crippen LogP contribution in [0.15, 0.2) is 0 Å². The lowest BCUT2D eigenvalue weighted by atomic mass is 9.67. The van der Waals surface area contributed by atoms with Crippen molar-refractivity contribution in [2.75, 3.05) is 0 Å². The highest BCUT2D eigenvalue weighted by Crippen LogP contribution is 2.61. The Bertz CT molecular complexity index is 780. The average Bonchev–Trinajstić information content (AvgIpc) is 3.11. The van der Waals surface area contributed by atoms with Crippen molar-refractivity contribution in [3.8, 4) is 0 Å². The number of alkyl halides is 8. The Hall–Kier alpha value is -1.88. The van der Waals surface area contributed by atoms with Crippen molar-refractivity contribution in [1.29, 1.82) is 0 Å². The monoisotopic (exact) mass is 405 g/mol. The van der Waals surface area contributed by atoms with Crippen LogP contribution in [0.2, 0.25) is 0 Å². The third kappa shape index (κ3) is 3.16. The number of amides is 1. The molecule has 2 fully saturated rings. The molecule has 2 saturated carbocycles. The topological polar surface area (TPSA) is 60.9 Å². The van der Waals surface area contributed by atoms with E-state index in [-0.39, 0.29) is 0 Å². The van der Waals surface area contributed by atoms with Crippen LogP contribution in [0.3, 0.4) is 0 Å². The average molecular weight is 405 g/mol. The van der Waals surface area contributed by atoms with Gasteiger partial charge in [-0.2, -0.15) is 31.4 Å². The third-order valence-corrected chi connectivity index (χ3v) is 5.12. The van der Waals surface area contributed by atoms with Crippen molar-refractivity contribution in [1.82, 2.24) is 9.78 Å². The number of rotatable bonds is 4. The predicted molar refractivity (Wildman–Crippen MR) is 75.0 cm³/mol. The number of carbonyl (C=O) groups excluding carboxylic acids is 1. The van der Waals surface area contributed by atoms with Gasteiger partial charge in [-0.3, -0.25) is 9.48 Å². The van der Waals surface area contributed by atoms with E-state index in [1.165, 1.54) is 6.92 Å². The van der Waals surface area contributed by atoms with Crippen molar-refractivity contribution < 1.29 is 39.9 Å². The highest BCUT2D eigenvalue weighted by atomic mass is 19.4. The summed E-state index contributed by atoms with van der Waals surface area (Å²) in [5.74, 6) is -4.64. The number of primary amides is 1. The summed E-state index contributed by atoms with van der Waals surface area (Å²) in [6, 6.07) is 0. The van der Waals surface area contributed by atoms with Gasteiger partial charge in [0.25, 0.3) is 5.91 Å². The molecule has 1 aromatic rings. The lowest BCUT2D eigenvalue weighted by molar-refractivity contribution is -0.166. The summed E-state index contributed by atoms with van der Waals surface area (Å²) >= 11 is 0. The molecular weight excluding hydrogens is 390 g/mol. The summed E-state index contributed by atoms with van der Waals surface area (Å²) in [6.07, 6.45) is -12.9. The number of nitrogens with zero attached hydrogens (tertiary/aromatic N) is 2. The van der Waals surface area contributed by atoms with Crippen LogP contribution < -0.4 is 5.73 Å². The van der Waals surface area contributed by atoms with E-state index < -0.39 is 84.2 Å². The van der Waals surface area contributed by atoms with Gasteiger partial charge in [0.05, 0.1) is 5.69 Å². The summed E-state index contributed by atoms with van der Waals surface area (Å²) in [5, 5.41) is 3.44. The van der Waals surface area contributed by atoms with Gasteiger partial charge in [0.2, 0.25) is 5.92 Å². The Morgan fingerprint density at radius 2 is 1.67 bits per heavy atom. The highest BCUT2D eigenvalue weighted by molar-refractivity contribution is 5.93. The van der Waals surface area contributed by atoms with Gasteiger partial charge in [0.1, 0.15) is 16.7 Å². The van der Waals surface area contributed by atoms with Crippen LogP contribution in [0.25, 0.3) is 0 Å². The van der Waals surface area contributed by atoms with E-state index in [2.05, 4.69) is 5.10 Å². The summed E-state index contributed by atoms with van der Waals surface area (Å²) in [5.41, 5.74) is -3.40.